The van der Waals surface area contributed by atoms with Crippen LogP contribution in [0, 0.1) is 17.3 Å². The fourth-order valence-corrected chi connectivity index (χ4v) is 6.32. The molecule has 0 aliphatic heterocycles. The number of esters is 1. The zero-order valence-electron chi connectivity index (χ0n) is 16.9. The van der Waals surface area contributed by atoms with Gasteiger partial charge in [0.05, 0.1) is 11.0 Å². The molecule has 1 aromatic carbocycles. The molecule has 1 aromatic rings. The maximum absolute atomic E-state index is 12.9. The van der Waals surface area contributed by atoms with Crippen molar-refractivity contribution >= 4 is 17.6 Å². The van der Waals surface area contributed by atoms with Gasteiger partial charge < -0.3 is 15.2 Å². The summed E-state index contributed by atoms with van der Waals surface area (Å²) in [5.41, 5.74) is 1.72. The van der Waals surface area contributed by atoms with Crippen LogP contribution in [0.4, 0.5) is 5.69 Å². The van der Waals surface area contributed by atoms with Gasteiger partial charge in [0, 0.05) is 5.69 Å². The van der Waals surface area contributed by atoms with Gasteiger partial charge >= 0.3 is 5.97 Å². The summed E-state index contributed by atoms with van der Waals surface area (Å²) in [6.07, 6.45) is 6.48. The summed E-state index contributed by atoms with van der Waals surface area (Å²) in [4.78, 5) is 25.4. The predicted octanol–water partition coefficient (Wildman–Crippen LogP) is 3.62. The Labute approximate surface area is 166 Å². The third-order valence-electron chi connectivity index (χ3n) is 7.06. The number of para-hydroxylation sites is 1. The standard InChI is InChI=1S/C23H31NO4/c1-3-17-6-5-7-18(4-2)20(17)24-19(25)13-28-21(26)22-9-15-8-16(10-22)12-23(27,11-15)14-22/h5-7,15-16,27H,3-4,8-14H2,1-2H3,(H,24,25)/t15-,16+,22?,23?. The van der Waals surface area contributed by atoms with Crippen molar-refractivity contribution in [2.45, 2.75) is 70.8 Å². The van der Waals surface area contributed by atoms with Gasteiger partial charge in [-0.05, 0) is 74.3 Å². The number of nitrogens with one attached hydrogen (secondary N) is 1. The molecule has 5 rings (SSSR count). The molecule has 4 bridgehead atoms. The number of carbonyl (C=O) groups is 2. The molecular formula is C23H31NO4. The molecule has 4 aliphatic carbocycles. The predicted molar refractivity (Wildman–Crippen MR) is 107 cm³/mol. The molecular weight excluding hydrogens is 354 g/mol. The first-order valence-corrected chi connectivity index (χ1v) is 10.7. The van der Waals surface area contributed by atoms with Crippen molar-refractivity contribution in [2.24, 2.45) is 17.3 Å². The molecule has 4 aliphatic rings. The van der Waals surface area contributed by atoms with Crippen molar-refractivity contribution in [2.75, 3.05) is 11.9 Å². The van der Waals surface area contributed by atoms with Crippen molar-refractivity contribution in [1.82, 2.24) is 0 Å². The number of hydrogen-bond donors (Lipinski definition) is 2. The molecule has 4 fully saturated rings. The van der Waals surface area contributed by atoms with Crippen LogP contribution >= 0.6 is 0 Å². The van der Waals surface area contributed by atoms with Crippen LogP contribution in [-0.2, 0) is 27.2 Å². The highest BCUT2D eigenvalue weighted by molar-refractivity contribution is 5.94. The zero-order valence-corrected chi connectivity index (χ0v) is 16.9. The lowest BCUT2D eigenvalue weighted by Gasteiger charge is -2.58. The smallest absolute Gasteiger partial charge is 0.312 e. The molecule has 4 saturated carbocycles. The molecule has 0 spiro atoms. The molecule has 5 heteroatoms. The van der Waals surface area contributed by atoms with Crippen molar-refractivity contribution in [3.05, 3.63) is 29.3 Å². The van der Waals surface area contributed by atoms with Gasteiger partial charge in [-0.3, -0.25) is 9.59 Å². The molecule has 152 valence electrons. The Balaban J connectivity index is 1.40. The van der Waals surface area contributed by atoms with Crippen LogP contribution in [0.1, 0.15) is 63.5 Å². The fourth-order valence-electron chi connectivity index (χ4n) is 6.32. The summed E-state index contributed by atoms with van der Waals surface area (Å²) in [5.74, 6) is 0.231. The number of ether oxygens (including phenoxy) is 1. The highest BCUT2D eigenvalue weighted by Gasteiger charge is 2.60. The lowest BCUT2D eigenvalue weighted by Crippen LogP contribution is -2.58. The third-order valence-corrected chi connectivity index (χ3v) is 7.06. The summed E-state index contributed by atoms with van der Waals surface area (Å²) in [6.45, 7) is 3.85. The average Bonchev–Trinajstić information content (AvgIpc) is 2.64. The van der Waals surface area contributed by atoms with E-state index in [2.05, 4.69) is 19.2 Å². The highest BCUT2D eigenvalue weighted by atomic mass is 16.5. The second-order valence-corrected chi connectivity index (χ2v) is 9.25. The fraction of sp³-hybridized carbons (Fsp3) is 0.652. The Morgan fingerprint density at radius 1 is 1.11 bits per heavy atom. The molecule has 1 amide bonds. The van der Waals surface area contributed by atoms with Crippen LogP contribution in [-0.4, -0.2) is 29.2 Å². The monoisotopic (exact) mass is 385 g/mol. The summed E-state index contributed by atoms with van der Waals surface area (Å²) in [5, 5.41) is 13.8. The first-order chi connectivity index (χ1) is 13.4. The van der Waals surface area contributed by atoms with Gasteiger partial charge in [-0.1, -0.05) is 32.0 Å². The van der Waals surface area contributed by atoms with E-state index in [0.717, 1.165) is 61.8 Å². The number of anilines is 1. The first kappa shape index (κ1) is 19.4. The number of amides is 1. The second kappa shape index (κ2) is 7.18. The molecule has 0 radical (unpaired) electrons. The Kier molecular flexibility index (Phi) is 4.98. The second-order valence-electron chi connectivity index (χ2n) is 9.25. The minimum atomic E-state index is -0.707. The SMILES string of the molecule is CCc1cccc(CC)c1NC(=O)COC(=O)C12C[C@@H]3C[C@@H](CC(O)(C3)C1)C2. The molecule has 0 heterocycles. The van der Waals surface area contributed by atoms with Crippen molar-refractivity contribution in [3.63, 3.8) is 0 Å². The Bertz CT molecular complexity index is 751. The third kappa shape index (κ3) is 3.45. The molecule has 28 heavy (non-hydrogen) atoms. The lowest BCUT2D eigenvalue weighted by atomic mass is 9.48. The molecule has 2 unspecified atom stereocenters. The number of aryl methyl sites for hydroxylation is 2. The van der Waals surface area contributed by atoms with E-state index >= 15 is 0 Å². The Morgan fingerprint density at radius 3 is 2.25 bits per heavy atom. The quantitative estimate of drug-likeness (QED) is 0.734. The minimum absolute atomic E-state index is 0.268. The topological polar surface area (TPSA) is 75.6 Å². The summed E-state index contributed by atoms with van der Waals surface area (Å²) < 4.78 is 5.49. The van der Waals surface area contributed by atoms with Gasteiger partial charge in [0.2, 0.25) is 0 Å². The first-order valence-electron chi connectivity index (χ1n) is 10.7. The van der Waals surface area contributed by atoms with Crippen LogP contribution in [0.15, 0.2) is 18.2 Å². The number of aliphatic hydroxyl groups is 1. The van der Waals surface area contributed by atoms with Crippen LogP contribution in [0.2, 0.25) is 0 Å². The molecule has 5 nitrogen and oxygen atoms in total. The summed E-state index contributed by atoms with van der Waals surface area (Å²) >= 11 is 0. The largest absolute Gasteiger partial charge is 0.455 e. The molecule has 4 atom stereocenters. The van der Waals surface area contributed by atoms with Gasteiger partial charge in [-0.2, -0.15) is 0 Å². The van der Waals surface area contributed by atoms with Crippen LogP contribution < -0.4 is 5.32 Å². The summed E-state index contributed by atoms with van der Waals surface area (Å²) in [7, 11) is 0. The molecule has 0 saturated heterocycles. The van der Waals surface area contributed by atoms with Gasteiger partial charge in [-0.15, -0.1) is 0 Å². The zero-order chi connectivity index (χ0) is 19.9. The van der Waals surface area contributed by atoms with E-state index in [1.165, 1.54) is 0 Å². The van der Waals surface area contributed by atoms with Crippen LogP contribution in [0.5, 0.6) is 0 Å². The van der Waals surface area contributed by atoms with E-state index in [0.29, 0.717) is 18.3 Å². The van der Waals surface area contributed by atoms with E-state index in [-0.39, 0.29) is 18.5 Å². The van der Waals surface area contributed by atoms with E-state index < -0.39 is 11.0 Å². The van der Waals surface area contributed by atoms with E-state index in [4.69, 9.17) is 4.74 Å². The van der Waals surface area contributed by atoms with Crippen LogP contribution in [0.25, 0.3) is 0 Å². The normalized spacial score (nSPS) is 33.0. The number of rotatable bonds is 6. The van der Waals surface area contributed by atoms with Crippen molar-refractivity contribution in [3.8, 4) is 0 Å². The van der Waals surface area contributed by atoms with Gasteiger partial charge in [0.1, 0.15) is 0 Å². The van der Waals surface area contributed by atoms with Gasteiger partial charge in [0.25, 0.3) is 5.91 Å². The van der Waals surface area contributed by atoms with Crippen molar-refractivity contribution in [1.29, 1.82) is 0 Å². The molecule has 0 aromatic heterocycles. The maximum atomic E-state index is 12.9. The van der Waals surface area contributed by atoms with E-state index in [9.17, 15) is 14.7 Å². The molecule has 2 N–H and O–H groups in total. The number of hydrogen-bond acceptors (Lipinski definition) is 4. The van der Waals surface area contributed by atoms with Crippen LogP contribution in [0.3, 0.4) is 0 Å². The van der Waals surface area contributed by atoms with E-state index in [1.807, 2.05) is 18.2 Å². The highest BCUT2D eigenvalue weighted by Crippen LogP contribution is 2.61. The van der Waals surface area contributed by atoms with Crippen molar-refractivity contribution < 1.29 is 19.4 Å². The summed E-state index contributed by atoms with van der Waals surface area (Å²) in [6, 6.07) is 6.03. The Hall–Kier alpha value is -1.88. The minimum Gasteiger partial charge on any atom is -0.455 e. The number of carbonyl (C=O) groups excluding carboxylic acids is 2. The number of benzene rings is 1. The van der Waals surface area contributed by atoms with Gasteiger partial charge in [0.15, 0.2) is 6.61 Å². The lowest BCUT2D eigenvalue weighted by molar-refractivity contribution is -0.196. The van der Waals surface area contributed by atoms with E-state index in [1.54, 1.807) is 0 Å². The Morgan fingerprint density at radius 2 is 1.71 bits per heavy atom. The maximum Gasteiger partial charge on any atom is 0.312 e. The average molecular weight is 386 g/mol. The van der Waals surface area contributed by atoms with Gasteiger partial charge in [-0.25, -0.2) is 0 Å².